The summed E-state index contributed by atoms with van der Waals surface area (Å²) in [5.41, 5.74) is -1.21. The SMILES string of the molecule is CCOc1ccc(C(C)=O)cc1N1C(=O)[C@H]2[C@@H]3C=C[C@](C(OC(C)=O)OC(C)=O)(O3)[C@@H]2C1=O. The van der Waals surface area contributed by atoms with E-state index in [0.717, 1.165) is 18.7 Å². The molecule has 2 amide bonds. The lowest BCUT2D eigenvalue weighted by Gasteiger charge is -2.34. The molecule has 0 aromatic heterocycles. The van der Waals surface area contributed by atoms with Crippen molar-refractivity contribution in [2.24, 2.45) is 11.8 Å². The van der Waals surface area contributed by atoms with Crippen LogP contribution in [0.4, 0.5) is 5.69 Å². The van der Waals surface area contributed by atoms with E-state index in [2.05, 4.69) is 0 Å². The van der Waals surface area contributed by atoms with Gasteiger partial charge in [-0.2, -0.15) is 0 Å². The Balaban J connectivity index is 1.79. The number of nitrogens with zero attached hydrogens (tertiary/aromatic N) is 1. The van der Waals surface area contributed by atoms with Crippen LogP contribution in [-0.4, -0.2) is 54.1 Å². The average Bonchev–Trinajstić information content (AvgIpc) is 3.38. The van der Waals surface area contributed by atoms with Crippen molar-refractivity contribution >= 4 is 35.2 Å². The molecular formula is C23H23NO9. The van der Waals surface area contributed by atoms with Crippen molar-refractivity contribution in [1.29, 1.82) is 0 Å². The van der Waals surface area contributed by atoms with E-state index < -0.39 is 53.6 Å². The first-order valence-electron chi connectivity index (χ1n) is 10.5. The van der Waals surface area contributed by atoms with Gasteiger partial charge in [-0.25, -0.2) is 4.90 Å². The van der Waals surface area contributed by atoms with Crippen LogP contribution in [0.2, 0.25) is 0 Å². The largest absolute Gasteiger partial charge is 0.492 e. The summed E-state index contributed by atoms with van der Waals surface area (Å²) in [6.45, 7) is 5.66. The second-order valence-electron chi connectivity index (χ2n) is 8.03. The number of ether oxygens (including phenoxy) is 4. The highest BCUT2D eigenvalue weighted by molar-refractivity contribution is 6.24. The maximum Gasteiger partial charge on any atom is 0.305 e. The van der Waals surface area contributed by atoms with Gasteiger partial charge in [-0.1, -0.05) is 6.08 Å². The van der Waals surface area contributed by atoms with Crippen molar-refractivity contribution < 1.29 is 42.9 Å². The second kappa shape index (κ2) is 8.11. The van der Waals surface area contributed by atoms with E-state index in [0.29, 0.717) is 5.56 Å². The van der Waals surface area contributed by atoms with Gasteiger partial charge in [-0.3, -0.25) is 24.0 Å². The molecule has 10 heteroatoms. The molecule has 0 unspecified atom stereocenters. The van der Waals surface area contributed by atoms with E-state index in [1.807, 2.05) is 0 Å². The molecular weight excluding hydrogens is 434 g/mol. The van der Waals surface area contributed by atoms with Crippen molar-refractivity contribution in [3.05, 3.63) is 35.9 Å². The molecule has 3 heterocycles. The van der Waals surface area contributed by atoms with Crippen LogP contribution in [0.15, 0.2) is 30.4 Å². The Morgan fingerprint density at radius 2 is 1.76 bits per heavy atom. The third-order valence-corrected chi connectivity index (χ3v) is 5.90. The van der Waals surface area contributed by atoms with Gasteiger partial charge in [0.25, 0.3) is 6.29 Å². The minimum Gasteiger partial charge on any atom is -0.492 e. The third kappa shape index (κ3) is 3.50. The van der Waals surface area contributed by atoms with Gasteiger partial charge < -0.3 is 18.9 Å². The third-order valence-electron chi connectivity index (χ3n) is 5.90. The van der Waals surface area contributed by atoms with Gasteiger partial charge >= 0.3 is 11.9 Å². The maximum absolute atomic E-state index is 13.7. The Morgan fingerprint density at radius 3 is 2.33 bits per heavy atom. The summed E-state index contributed by atoms with van der Waals surface area (Å²) in [5, 5.41) is 0. The van der Waals surface area contributed by atoms with Crippen LogP contribution < -0.4 is 9.64 Å². The fraction of sp³-hybridized carbons (Fsp3) is 0.435. The highest BCUT2D eigenvalue weighted by Gasteiger charge is 2.72. The standard InChI is InChI=1S/C23H23NO9/c1-5-30-16-7-6-14(11(2)25)10-15(16)24-20(28)18-17-8-9-23(33-17,19(18)21(24)29)22(31-12(3)26)32-13(4)27/h6-10,17-19,22H,5H2,1-4H3/t17-,18-,19-,23-/m0/s1. The van der Waals surface area contributed by atoms with Crippen molar-refractivity contribution in [3.63, 3.8) is 0 Å². The zero-order valence-electron chi connectivity index (χ0n) is 18.5. The number of Topliss-reactive ketones (excluding diaryl/α,β-unsaturated/α-hetero) is 1. The maximum atomic E-state index is 13.7. The average molecular weight is 457 g/mol. The summed E-state index contributed by atoms with van der Waals surface area (Å²) < 4.78 is 21.9. The quantitative estimate of drug-likeness (QED) is 0.197. The van der Waals surface area contributed by atoms with Crippen LogP contribution in [0.1, 0.15) is 38.1 Å². The first-order chi connectivity index (χ1) is 15.6. The van der Waals surface area contributed by atoms with Crippen molar-refractivity contribution in [3.8, 4) is 5.75 Å². The smallest absolute Gasteiger partial charge is 0.305 e. The molecule has 0 aliphatic carbocycles. The summed E-state index contributed by atoms with van der Waals surface area (Å²) in [6, 6.07) is 4.52. The fourth-order valence-electron chi connectivity index (χ4n) is 4.64. The van der Waals surface area contributed by atoms with E-state index in [1.54, 1.807) is 19.1 Å². The molecule has 1 aromatic carbocycles. The summed E-state index contributed by atoms with van der Waals surface area (Å²) in [7, 11) is 0. The highest BCUT2D eigenvalue weighted by atomic mass is 16.7. The summed E-state index contributed by atoms with van der Waals surface area (Å²) in [4.78, 5) is 63.5. The zero-order valence-corrected chi connectivity index (χ0v) is 18.5. The van der Waals surface area contributed by atoms with Gasteiger partial charge in [0, 0.05) is 19.4 Å². The molecule has 2 bridgehead atoms. The van der Waals surface area contributed by atoms with Crippen molar-refractivity contribution in [2.45, 2.75) is 45.7 Å². The van der Waals surface area contributed by atoms with Gasteiger partial charge in [0.05, 0.1) is 30.2 Å². The number of carbonyl (C=O) groups excluding carboxylic acids is 5. The lowest BCUT2D eigenvalue weighted by Crippen LogP contribution is -2.52. The molecule has 1 aromatic rings. The van der Waals surface area contributed by atoms with E-state index in [9.17, 15) is 24.0 Å². The lowest BCUT2D eigenvalue weighted by atomic mass is 9.76. The molecule has 3 aliphatic heterocycles. The van der Waals surface area contributed by atoms with Crippen molar-refractivity contribution in [1.82, 2.24) is 0 Å². The fourth-order valence-corrected chi connectivity index (χ4v) is 4.64. The van der Waals surface area contributed by atoms with E-state index in [4.69, 9.17) is 18.9 Å². The number of esters is 2. The van der Waals surface area contributed by atoms with Crippen LogP contribution in [-0.2, 0) is 33.4 Å². The Bertz CT molecular complexity index is 1080. The van der Waals surface area contributed by atoms with Crippen LogP contribution in [0.3, 0.4) is 0 Å². The van der Waals surface area contributed by atoms with Gasteiger partial charge in [-0.05, 0) is 38.1 Å². The molecule has 2 saturated heterocycles. The molecule has 174 valence electrons. The van der Waals surface area contributed by atoms with Gasteiger partial charge in [-0.15, -0.1) is 0 Å². The number of hydrogen-bond donors (Lipinski definition) is 0. The Labute approximate surface area is 189 Å². The molecule has 3 aliphatic rings. The minimum atomic E-state index is -1.65. The normalized spacial score (nSPS) is 27.2. The van der Waals surface area contributed by atoms with E-state index in [1.165, 1.54) is 25.1 Å². The number of imide groups is 1. The highest BCUT2D eigenvalue weighted by Crippen LogP contribution is 2.55. The Kier molecular flexibility index (Phi) is 5.57. The lowest BCUT2D eigenvalue weighted by molar-refractivity contribution is -0.226. The predicted molar refractivity (Wildman–Crippen MR) is 111 cm³/mol. The Hall–Kier alpha value is -3.53. The minimum absolute atomic E-state index is 0.139. The predicted octanol–water partition coefficient (Wildman–Crippen LogP) is 1.55. The number of ketones is 1. The molecule has 0 saturated carbocycles. The zero-order chi connectivity index (χ0) is 24.1. The molecule has 10 nitrogen and oxygen atoms in total. The first kappa shape index (κ1) is 22.7. The molecule has 0 radical (unpaired) electrons. The number of carbonyl (C=O) groups is 5. The molecule has 4 rings (SSSR count). The molecule has 2 fully saturated rings. The first-order valence-corrected chi connectivity index (χ1v) is 10.5. The van der Waals surface area contributed by atoms with E-state index >= 15 is 0 Å². The number of benzene rings is 1. The second-order valence-corrected chi connectivity index (χ2v) is 8.03. The summed E-state index contributed by atoms with van der Waals surface area (Å²) in [6.07, 6.45) is 0.747. The van der Waals surface area contributed by atoms with Crippen LogP contribution in [0.5, 0.6) is 5.75 Å². The Morgan fingerprint density at radius 1 is 1.09 bits per heavy atom. The van der Waals surface area contributed by atoms with Crippen LogP contribution in [0.25, 0.3) is 0 Å². The van der Waals surface area contributed by atoms with Crippen LogP contribution >= 0.6 is 0 Å². The number of amides is 2. The molecule has 0 spiro atoms. The number of anilines is 1. The number of rotatable bonds is 7. The number of fused-ring (bicyclic) bond motifs is 5. The topological polar surface area (TPSA) is 126 Å². The molecule has 4 atom stereocenters. The summed E-state index contributed by atoms with van der Waals surface area (Å²) in [5.74, 6) is -4.71. The number of hydrogen-bond acceptors (Lipinski definition) is 9. The van der Waals surface area contributed by atoms with Gasteiger partial charge in [0.1, 0.15) is 5.75 Å². The van der Waals surface area contributed by atoms with Crippen molar-refractivity contribution in [2.75, 3.05) is 11.5 Å². The monoisotopic (exact) mass is 457 g/mol. The van der Waals surface area contributed by atoms with Gasteiger partial charge in [0.2, 0.25) is 11.8 Å². The molecule has 33 heavy (non-hydrogen) atoms. The van der Waals surface area contributed by atoms with Crippen LogP contribution in [0, 0.1) is 11.8 Å². The van der Waals surface area contributed by atoms with Gasteiger partial charge in [0.15, 0.2) is 11.4 Å². The molecule has 0 N–H and O–H groups in total. The summed E-state index contributed by atoms with van der Waals surface area (Å²) >= 11 is 0. The van der Waals surface area contributed by atoms with E-state index in [-0.39, 0.29) is 23.8 Å².